The van der Waals surface area contributed by atoms with Crippen molar-refractivity contribution >= 4 is 12.9 Å². The van der Waals surface area contributed by atoms with Crippen molar-refractivity contribution in [3.8, 4) is 12.3 Å². The Morgan fingerprint density at radius 3 is 2.13 bits per heavy atom. The van der Waals surface area contributed by atoms with Crippen molar-refractivity contribution in [1.29, 1.82) is 0 Å². The first-order chi connectivity index (χ1) is 11.1. The summed E-state index contributed by atoms with van der Waals surface area (Å²) >= 11 is 0. The number of rotatable bonds is 7. The van der Waals surface area contributed by atoms with Gasteiger partial charge < -0.3 is 0 Å². The number of benzene rings is 2. The second-order valence-electron chi connectivity index (χ2n) is 5.49. The monoisotopic (exact) mass is 328 g/mol. The van der Waals surface area contributed by atoms with Gasteiger partial charge in [0.05, 0.1) is 11.4 Å². The Hall–Kier alpha value is -1.85. The molecule has 0 aliphatic carbocycles. The first-order valence-corrected chi connectivity index (χ1v) is 9.08. The van der Waals surface area contributed by atoms with Gasteiger partial charge >= 0.3 is 7.60 Å². The molecule has 120 valence electrons. The van der Waals surface area contributed by atoms with Crippen LogP contribution >= 0.6 is 7.60 Å². The maximum absolute atomic E-state index is 13.3. The molecule has 2 unspecified atom stereocenters. The highest BCUT2D eigenvalue weighted by molar-refractivity contribution is 7.62. The fraction of sp³-hybridized carbons (Fsp3) is 0.263. The molecule has 2 aromatic rings. The molecular formula is C19H21O3P. The third kappa shape index (κ3) is 4.56. The molecule has 0 aromatic heterocycles. The zero-order valence-electron chi connectivity index (χ0n) is 13.4. The molecule has 0 spiro atoms. The summed E-state index contributed by atoms with van der Waals surface area (Å²) in [7, 11) is -3.51. The van der Waals surface area contributed by atoms with E-state index in [2.05, 4.69) is 5.92 Å². The molecule has 2 rings (SSSR count). The molecule has 0 aliphatic rings. The minimum atomic E-state index is -3.51. The van der Waals surface area contributed by atoms with Gasteiger partial charge in [-0.15, -0.1) is 6.42 Å². The molecule has 0 aliphatic heterocycles. The van der Waals surface area contributed by atoms with Crippen molar-refractivity contribution in [2.45, 2.75) is 20.0 Å². The zero-order chi connectivity index (χ0) is 16.7. The van der Waals surface area contributed by atoms with Crippen molar-refractivity contribution in [3.05, 3.63) is 66.2 Å². The average molecular weight is 328 g/mol. The van der Waals surface area contributed by atoms with Crippen LogP contribution in [-0.4, -0.2) is 6.61 Å². The summed E-state index contributed by atoms with van der Waals surface area (Å²) in [5.41, 5.74) is 0.961. The van der Waals surface area contributed by atoms with Gasteiger partial charge in [-0.2, -0.15) is 0 Å². The normalized spacial score (nSPS) is 14.9. The molecule has 0 saturated heterocycles. The second kappa shape index (κ2) is 8.13. The van der Waals surface area contributed by atoms with Crippen LogP contribution in [0.15, 0.2) is 60.7 Å². The molecule has 0 heterocycles. The number of hydrogen-bond acceptors (Lipinski definition) is 3. The lowest BCUT2D eigenvalue weighted by molar-refractivity contribution is 0.125. The summed E-state index contributed by atoms with van der Waals surface area (Å²) in [6.45, 7) is 3.98. The molecule has 0 bridgehead atoms. The van der Waals surface area contributed by atoms with E-state index in [1.807, 2.05) is 50.2 Å². The van der Waals surface area contributed by atoms with Gasteiger partial charge in [0.2, 0.25) is 0 Å². The number of hydrogen-bond donors (Lipinski definition) is 0. The van der Waals surface area contributed by atoms with E-state index in [1.54, 1.807) is 24.3 Å². The second-order valence-corrected chi connectivity index (χ2v) is 7.47. The summed E-state index contributed by atoms with van der Waals surface area (Å²) < 4.78 is 24.8. The Morgan fingerprint density at radius 1 is 1.04 bits per heavy atom. The van der Waals surface area contributed by atoms with Crippen LogP contribution in [0, 0.1) is 18.3 Å². The van der Waals surface area contributed by atoms with Crippen molar-refractivity contribution in [1.82, 2.24) is 0 Å². The summed E-state index contributed by atoms with van der Waals surface area (Å²) in [5.74, 6) is 2.49. The quantitative estimate of drug-likeness (QED) is 0.552. The van der Waals surface area contributed by atoms with Gasteiger partial charge in [-0.1, -0.05) is 68.3 Å². The van der Waals surface area contributed by atoms with Crippen molar-refractivity contribution < 1.29 is 13.6 Å². The Kier molecular flexibility index (Phi) is 6.19. The van der Waals surface area contributed by atoms with Crippen molar-refractivity contribution in [3.63, 3.8) is 0 Å². The first-order valence-electron chi connectivity index (χ1n) is 7.54. The molecule has 4 heteroatoms. The van der Waals surface area contributed by atoms with E-state index in [0.29, 0.717) is 5.30 Å². The van der Waals surface area contributed by atoms with Crippen LogP contribution in [0.4, 0.5) is 0 Å². The van der Waals surface area contributed by atoms with Crippen molar-refractivity contribution in [2.75, 3.05) is 6.61 Å². The Balaban J connectivity index is 2.36. The zero-order valence-corrected chi connectivity index (χ0v) is 14.3. The maximum Gasteiger partial charge on any atom is 0.362 e. The predicted molar refractivity (Wildman–Crippen MR) is 93.6 cm³/mol. The van der Waals surface area contributed by atoms with Crippen LogP contribution < -0.4 is 5.30 Å². The van der Waals surface area contributed by atoms with E-state index in [-0.39, 0.29) is 18.6 Å². The van der Waals surface area contributed by atoms with E-state index in [4.69, 9.17) is 15.5 Å². The van der Waals surface area contributed by atoms with Gasteiger partial charge in [0.1, 0.15) is 6.61 Å². The van der Waals surface area contributed by atoms with Crippen LogP contribution in [0.5, 0.6) is 0 Å². The molecule has 2 atom stereocenters. The van der Waals surface area contributed by atoms with Crippen molar-refractivity contribution in [2.24, 2.45) is 5.92 Å². The minimum Gasteiger partial charge on any atom is -0.297 e. The highest BCUT2D eigenvalue weighted by Crippen LogP contribution is 2.52. The highest BCUT2D eigenvalue weighted by Gasteiger charge is 2.33. The maximum atomic E-state index is 13.3. The molecular weight excluding hydrogens is 307 g/mol. The molecule has 0 fully saturated rings. The Morgan fingerprint density at radius 2 is 1.61 bits per heavy atom. The SMILES string of the molecule is C#CCOP(=O)(OC(c1ccccc1)C(C)C)c1ccccc1. The van der Waals surface area contributed by atoms with E-state index in [0.717, 1.165) is 5.56 Å². The summed E-state index contributed by atoms with van der Waals surface area (Å²) in [4.78, 5) is 0. The third-order valence-corrected chi connectivity index (χ3v) is 5.28. The molecule has 0 saturated carbocycles. The van der Waals surface area contributed by atoms with Gasteiger partial charge in [0.15, 0.2) is 0 Å². The molecule has 2 aromatic carbocycles. The summed E-state index contributed by atoms with van der Waals surface area (Å²) in [5, 5.41) is 0.511. The molecule has 3 nitrogen and oxygen atoms in total. The minimum absolute atomic E-state index is 0.0637. The van der Waals surface area contributed by atoms with Gasteiger partial charge in [-0.05, 0) is 23.6 Å². The van der Waals surface area contributed by atoms with Crippen LogP contribution in [0.3, 0.4) is 0 Å². The fourth-order valence-electron chi connectivity index (χ4n) is 2.26. The number of terminal acetylenes is 1. The summed E-state index contributed by atoms with van der Waals surface area (Å²) in [6, 6.07) is 18.7. The largest absolute Gasteiger partial charge is 0.362 e. The molecule has 0 radical (unpaired) electrons. The average Bonchev–Trinajstić information content (AvgIpc) is 2.59. The van der Waals surface area contributed by atoms with E-state index < -0.39 is 7.60 Å². The molecule has 0 N–H and O–H groups in total. The van der Waals surface area contributed by atoms with Crippen LogP contribution in [-0.2, 0) is 13.6 Å². The topological polar surface area (TPSA) is 35.5 Å². The van der Waals surface area contributed by atoms with Gasteiger partial charge in [-0.25, -0.2) is 0 Å². The lowest BCUT2D eigenvalue weighted by atomic mass is 9.99. The lowest BCUT2D eigenvalue weighted by Crippen LogP contribution is -2.17. The molecule has 23 heavy (non-hydrogen) atoms. The first kappa shape index (κ1) is 17.5. The molecule has 0 amide bonds. The van der Waals surface area contributed by atoms with Gasteiger partial charge in [0, 0.05) is 0 Å². The van der Waals surface area contributed by atoms with Crippen LogP contribution in [0.2, 0.25) is 0 Å². The van der Waals surface area contributed by atoms with Gasteiger partial charge in [0.25, 0.3) is 0 Å². The standard InChI is InChI=1S/C19H21O3P/c1-4-15-21-23(20,18-13-9-6-10-14-18)22-19(16(2)3)17-11-7-5-8-12-17/h1,5-14,16,19H,15H2,2-3H3. The third-order valence-electron chi connectivity index (χ3n) is 3.38. The highest BCUT2D eigenvalue weighted by atomic mass is 31.2. The van der Waals surface area contributed by atoms with Gasteiger partial charge in [-0.3, -0.25) is 13.6 Å². The fourth-order valence-corrected chi connectivity index (χ4v) is 4.04. The van der Waals surface area contributed by atoms with E-state index in [9.17, 15) is 4.57 Å². The van der Waals surface area contributed by atoms with E-state index >= 15 is 0 Å². The summed E-state index contributed by atoms with van der Waals surface area (Å²) in [6.07, 6.45) is 4.92. The predicted octanol–water partition coefficient (Wildman–Crippen LogP) is 4.57. The van der Waals surface area contributed by atoms with Crippen LogP contribution in [0.25, 0.3) is 0 Å². The Bertz CT molecular complexity index is 690. The van der Waals surface area contributed by atoms with Crippen LogP contribution in [0.1, 0.15) is 25.5 Å². The smallest absolute Gasteiger partial charge is 0.297 e. The Labute approximate surface area is 138 Å². The van der Waals surface area contributed by atoms with E-state index in [1.165, 1.54) is 0 Å². The lowest BCUT2D eigenvalue weighted by Gasteiger charge is -2.27.